The van der Waals surface area contributed by atoms with Gasteiger partial charge in [-0.1, -0.05) is 25.1 Å². The Morgan fingerprint density at radius 1 is 1.03 bits per heavy atom. The summed E-state index contributed by atoms with van der Waals surface area (Å²) in [6, 6.07) is 10.5. The van der Waals surface area contributed by atoms with Crippen LogP contribution >= 0.6 is 0 Å². The highest BCUT2D eigenvalue weighted by Gasteiger charge is 2.28. The highest BCUT2D eigenvalue weighted by molar-refractivity contribution is 5.97. The Kier molecular flexibility index (Phi) is 6.61. The number of hydrogen-bond acceptors (Lipinski definition) is 6. The molecule has 0 aliphatic heterocycles. The van der Waals surface area contributed by atoms with E-state index in [1.54, 1.807) is 17.6 Å². The van der Waals surface area contributed by atoms with E-state index in [2.05, 4.69) is 0 Å². The van der Waals surface area contributed by atoms with Crippen molar-refractivity contribution in [3.05, 3.63) is 63.3 Å². The fraction of sp³-hybridized carbons (Fsp3) is 0.273. The van der Waals surface area contributed by atoms with E-state index in [4.69, 9.17) is 9.47 Å². The Morgan fingerprint density at radius 3 is 2.20 bits per heavy atom. The van der Waals surface area contributed by atoms with Gasteiger partial charge in [-0.05, 0) is 38.1 Å². The molecule has 30 heavy (non-hydrogen) atoms. The average molecular weight is 412 g/mol. The predicted molar refractivity (Wildman–Crippen MR) is 113 cm³/mol. The maximum Gasteiger partial charge on any atom is 0.308 e. The first-order chi connectivity index (χ1) is 13.7. The minimum absolute atomic E-state index is 0. The number of rotatable bonds is 5. The molecule has 0 amide bonds. The van der Waals surface area contributed by atoms with Crippen LogP contribution in [0.4, 0.5) is 5.69 Å². The van der Waals surface area contributed by atoms with Crippen molar-refractivity contribution in [1.82, 2.24) is 4.57 Å². The van der Waals surface area contributed by atoms with Crippen molar-refractivity contribution in [3.63, 3.8) is 0 Å². The molecule has 158 valence electrons. The molecule has 0 radical (unpaired) electrons. The van der Waals surface area contributed by atoms with Gasteiger partial charge in [-0.15, -0.1) is 0 Å². The molecule has 0 N–H and O–H groups in total. The number of carbonyl (C=O) groups excluding carboxylic acids is 2. The lowest BCUT2D eigenvalue weighted by Gasteiger charge is -2.14. The number of ether oxygens (including phenoxy) is 2. The number of hydrogen-bond donors (Lipinski definition) is 0. The summed E-state index contributed by atoms with van der Waals surface area (Å²) >= 11 is 0. The summed E-state index contributed by atoms with van der Waals surface area (Å²) in [5.41, 5.74) is 2.94. The SMILES string of the molecule is C.CC(=O)OCc1c(OC(C)=O)ccc2c([N+](=O)[O-])c(C)n(-c3ccc(C)cc3)c12. The van der Waals surface area contributed by atoms with Crippen LogP contribution in [-0.4, -0.2) is 21.4 Å². The second kappa shape index (κ2) is 8.77. The van der Waals surface area contributed by atoms with E-state index in [-0.39, 0.29) is 25.5 Å². The number of fused-ring (bicyclic) bond motifs is 1. The average Bonchev–Trinajstić information content (AvgIpc) is 2.93. The largest absolute Gasteiger partial charge is 0.461 e. The van der Waals surface area contributed by atoms with E-state index in [1.165, 1.54) is 19.9 Å². The van der Waals surface area contributed by atoms with Crippen molar-refractivity contribution in [2.24, 2.45) is 0 Å². The minimum atomic E-state index is -0.548. The van der Waals surface area contributed by atoms with Crippen LogP contribution in [0, 0.1) is 24.0 Å². The van der Waals surface area contributed by atoms with Gasteiger partial charge in [-0.3, -0.25) is 19.7 Å². The molecule has 0 bridgehead atoms. The molecule has 0 unspecified atom stereocenters. The summed E-state index contributed by atoms with van der Waals surface area (Å²) < 4.78 is 12.2. The molecule has 8 heteroatoms. The molecular weight excluding hydrogens is 388 g/mol. The second-order valence-electron chi connectivity index (χ2n) is 6.67. The molecule has 3 rings (SSSR count). The molecule has 2 aromatic carbocycles. The number of carbonyl (C=O) groups is 2. The number of esters is 2. The van der Waals surface area contributed by atoms with Crippen molar-refractivity contribution in [2.75, 3.05) is 0 Å². The van der Waals surface area contributed by atoms with Crippen LogP contribution in [0.25, 0.3) is 16.6 Å². The van der Waals surface area contributed by atoms with Gasteiger partial charge in [0.2, 0.25) is 0 Å². The lowest BCUT2D eigenvalue weighted by Crippen LogP contribution is -2.08. The van der Waals surface area contributed by atoms with Crippen molar-refractivity contribution in [2.45, 2.75) is 41.7 Å². The third-order valence-electron chi connectivity index (χ3n) is 4.54. The molecule has 3 aromatic rings. The normalized spacial score (nSPS) is 10.4. The van der Waals surface area contributed by atoms with Crippen LogP contribution < -0.4 is 4.74 Å². The third-order valence-corrected chi connectivity index (χ3v) is 4.54. The van der Waals surface area contributed by atoms with Crippen LogP contribution in [0.3, 0.4) is 0 Å². The van der Waals surface area contributed by atoms with Gasteiger partial charge in [0.25, 0.3) is 5.69 Å². The quantitative estimate of drug-likeness (QED) is 0.259. The molecule has 8 nitrogen and oxygen atoms in total. The highest BCUT2D eigenvalue weighted by Crippen LogP contribution is 2.40. The molecule has 1 heterocycles. The number of benzene rings is 2. The molecule has 0 fully saturated rings. The lowest BCUT2D eigenvalue weighted by molar-refractivity contribution is -0.383. The zero-order valence-corrected chi connectivity index (χ0v) is 16.5. The van der Waals surface area contributed by atoms with Crippen LogP contribution in [0.15, 0.2) is 36.4 Å². The summed E-state index contributed by atoms with van der Waals surface area (Å²) in [6.07, 6.45) is 0. The molecule has 1 aromatic heterocycles. The van der Waals surface area contributed by atoms with Gasteiger partial charge < -0.3 is 14.0 Å². The maximum atomic E-state index is 11.8. The molecular formula is C22H24N2O6. The van der Waals surface area contributed by atoms with E-state index in [0.717, 1.165) is 5.56 Å². The zero-order chi connectivity index (χ0) is 21.3. The summed E-state index contributed by atoms with van der Waals surface area (Å²) in [5.74, 6) is -0.879. The predicted octanol–water partition coefficient (Wildman–Crippen LogP) is 4.78. The molecule has 0 saturated heterocycles. The van der Waals surface area contributed by atoms with Crippen LogP contribution in [-0.2, 0) is 20.9 Å². The van der Waals surface area contributed by atoms with E-state index in [0.29, 0.717) is 27.8 Å². The van der Waals surface area contributed by atoms with Crippen molar-refractivity contribution >= 4 is 28.5 Å². The van der Waals surface area contributed by atoms with E-state index >= 15 is 0 Å². The molecule has 0 aliphatic rings. The number of aromatic nitrogens is 1. The van der Waals surface area contributed by atoms with Crippen LogP contribution in [0.5, 0.6) is 5.75 Å². The summed E-state index contributed by atoms with van der Waals surface area (Å²) in [7, 11) is 0. The Morgan fingerprint density at radius 2 is 1.67 bits per heavy atom. The number of aryl methyl sites for hydroxylation is 1. The summed E-state index contributed by atoms with van der Waals surface area (Å²) in [4.78, 5) is 34.3. The van der Waals surface area contributed by atoms with Crippen molar-refractivity contribution < 1.29 is 24.0 Å². The zero-order valence-electron chi connectivity index (χ0n) is 16.5. The monoisotopic (exact) mass is 412 g/mol. The fourth-order valence-corrected chi connectivity index (χ4v) is 3.34. The second-order valence-corrected chi connectivity index (χ2v) is 6.67. The molecule has 0 aliphatic carbocycles. The molecule has 0 saturated carbocycles. The van der Waals surface area contributed by atoms with Gasteiger partial charge in [0.05, 0.1) is 27.1 Å². The fourth-order valence-electron chi connectivity index (χ4n) is 3.34. The van der Waals surface area contributed by atoms with Gasteiger partial charge in [-0.2, -0.15) is 0 Å². The topological polar surface area (TPSA) is 101 Å². The standard InChI is InChI=1S/C21H20N2O6.CH4/c1-12-5-7-16(8-6-12)22-13(2)20(23(26)27)17-9-10-19(29-15(4)25)18(21(17)22)11-28-14(3)24;/h5-10H,11H2,1-4H3;1H4. The molecule has 0 atom stereocenters. The summed E-state index contributed by atoms with van der Waals surface area (Å²) in [5, 5.41) is 12.2. The van der Waals surface area contributed by atoms with Crippen molar-refractivity contribution in [3.8, 4) is 11.4 Å². The number of nitro groups is 1. The van der Waals surface area contributed by atoms with Crippen molar-refractivity contribution in [1.29, 1.82) is 0 Å². The Labute approximate surface area is 174 Å². The highest BCUT2D eigenvalue weighted by atomic mass is 16.6. The first-order valence-corrected chi connectivity index (χ1v) is 8.90. The first-order valence-electron chi connectivity index (χ1n) is 8.90. The van der Waals surface area contributed by atoms with Gasteiger partial charge in [-0.25, -0.2) is 0 Å². The molecule has 0 spiro atoms. The Bertz CT molecular complexity index is 1130. The van der Waals surface area contributed by atoms with Gasteiger partial charge in [0.1, 0.15) is 12.4 Å². The third kappa shape index (κ3) is 4.17. The first kappa shape index (κ1) is 22.6. The van der Waals surface area contributed by atoms with Crippen LogP contribution in [0.2, 0.25) is 0 Å². The summed E-state index contributed by atoms with van der Waals surface area (Å²) in [6.45, 7) is 5.92. The van der Waals surface area contributed by atoms with Gasteiger partial charge in [0, 0.05) is 19.5 Å². The number of nitrogens with zero attached hydrogens (tertiary/aromatic N) is 2. The Hall–Kier alpha value is -3.68. The lowest BCUT2D eigenvalue weighted by atomic mass is 10.1. The Balaban J connectivity index is 0.00000320. The maximum absolute atomic E-state index is 11.8. The van der Waals surface area contributed by atoms with Gasteiger partial charge in [0.15, 0.2) is 0 Å². The smallest absolute Gasteiger partial charge is 0.308 e. The minimum Gasteiger partial charge on any atom is -0.461 e. The van der Waals surface area contributed by atoms with E-state index < -0.39 is 16.9 Å². The van der Waals surface area contributed by atoms with Crippen LogP contribution in [0.1, 0.15) is 38.1 Å². The van der Waals surface area contributed by atoms with Gasteiger partial charge >= 0.3 is 11.9 Å². The van der Waals surface area contributed by atoms with E-state index in [1.807, 2.05) is 31.2 Å². The van der Waals surface area contributed by atoms with E-state index in [9.17, 15) is 19.7 Å².